The molecule has 0 aliphatic heterocycles. The predicted octanol–water partition coefficient (Wildman–Crippen LogP) is 2.31. The van der Waals surface area contributed by atoms with Crippen molar-refractivity contribution < 1.29 is 14.4 Å². The van der Waals surface area contributed by atoms with E-state index in [1.165, 1.54) is 14.2 Å². The molecule has 2 rings (SSSR count). The number of nitro groups is 1. The number of aryl methyl sites for hydroxylation is 1. The van der Waals surface area contributed by atoms with Crippen molar-refractivity contribution in [2.24, 2.45) is 0 Å². The largest absolute Gasteiger partial charge is 0.493 e. The molecule has 0 unspecified atom stereocenters. The maximum atomic E-state index is 11.0. The van der Waals surface area contributed by atoms with Gasteiger partial charge in [0.1, 0.15) is 5.69 Å². The van der Waals surface area contributed by atoms with Crippen LogP contribution in [0.15, 0.2) is 18.2 Å². The molecule has 0 atom stereocenters. The summed E-state index contributed by atoms with van der Waals surface area (Å²) in [5, 5.41) is 17.6. The van der Waals surface area contributed by atoms with E-state index in [2.05, 4.69) is 10.2 Å². The number of nitrogens with one attached hydrogen (secondary N) is 1. The molecule has 0 saturated heterocycles. The van der Waals surface area contributed by atoms with Gasteiger partial charge in [-0.2, -0.15) is 5.10 Å². The van der Waals surface area contributed by atoms with Crippen molar-refractivity contribution in [3.8, 4) is 22.8 Å². The van der Waals surface area contributed by atoms with Crippen LogP contribution in [-0.2, 0) is 0 Å². The van der Waals surface area contributed by atoms with Crippen molar-refractivity contribution in [1.82, 2.24) is 10.2 Å². The third-order valence-corrected chi connectivity index (χ3v) is 2.75. The second-order valence-electron chi connectivity index (χ2n) is 3.87. The monoisotopic (exact) mass is 263 g/mol. The van der Waals surface area contributed by atoms with E-state index < -0.39 is 4.92 Å². The van der Waals surface area contributed by atoms with Crippen LogP contribution in [0, 0.1) is 17.0 Å². The predicted molar refractivity (Wildman–Crippen MR) is 68.5 cm³/mol. The number of methoxy groups -OCH3 is 2. The number of hydrogen-bond donors (Lipinski definition) is 1. The van der Waals surface area contributed by atoms with Crippen LogP contribution in [0.2, 0.25) is 0 Å². The number of nitrogens with zero attached hydrogens (tertiary/aromatic N) is 2. The zero-order chi connectivity index (χ0) is 14.0. The van der Waals surface area contributed by atoms with Crippen molar-refractivity contribution >= 4 is 5.69 Å². The van der Waals surface area contributed by atoms with Gasteiger partial charge in [-0.1, -0.05) is 0 Å². The van der Waals surface area contributed by atoms with Crippen LogP contribution in [-0.4, -0.2) is 29.3 Å². The summed E-state index contributed by atoms with van der Waals surface area (Å²) in [7, 11) is 3.03. The van der Waals surface area contributed by atoms with Gasteiger partial charge in [0, 0.05) is 5.56 Å². The molecule has 2 aromatic rings. The maximum absolute atomic E-state index is 11.0. The molecule has 1 aromatic heterocycles. The maximum Gasteiger partial charge on any atom is 0.317 e. The van der Waals surface area contributed by atoms with Crippen LogP contribution in [0.25, 0.3) is 11.3 Å². The molecule has 0 saturated carbocycles. The Bertz CT molecular complexity index is 621. The molecule has 19 heavy (non-hydrogen) atoms. The summed E-state index contributed by atoms with van der Waals surface area (Å²) in [5.41, 5.74) is 1.25. The van der Waals surface area contributed by atoms with Crippen LogP contribution >= 0.6 is 0 Å². The van der Waals surface area contributed by atoms with Crippen molar-refractivity contribution in [2.75, 3.05) is 14.2 Å². The van der Waals surface area contributed by atoms with E-state index in [0.717, 1.165) is 0 Å². The molecule has 1 heterocycles. The topological polar surface area (TPSA) is 90.3 Å². The number of rotatable bonds is 4. The van der Waals surface area contributed by atoms with Crippen molar-refractivity contribution in [2.45, 2.75) is 6.92 Å². The molecular formula is C12H13N3O4. The fraction of sp³-hybridized carbons (Fsp3) is 0.250. The molecule has 0 aliphatic rings. The van der Waals surface area contributed by atoms with Gasteiger partial charge in [-0.3, -0.25) is 15.2 Å². The molecule has 1 N–H and O–H groups in total. The average molecular weight is 263 g/mol. The number of benzene rings is 1. The number of aromatic nitrogens is 2. The average Bonchev–Trinajstić information content (AvgIpc) is 2.79. The Morgan fingerprint density at radius 2 is 1.95 bits per heavy atom. The number of H-pyrrole nitrogens is 1. The number of aromatic amines is 1. The minimum absolute atomic E-state index is 0.0350. The van der Waals surface area contributed by atoms with Crippen molar-refractivity contribution in [3.05, 3.63) is 34.0 Å². The number of ether oxygens (including phenoxy) is 2. The van der Waals surface area contributed by atoms with Gasteiger partial charge in [-0.25, -0.2) is 0 Å². The zero-order valence-corrected chi connectivity index (χ0v) is 10.8. The molecule has 0 radical (unpaired) electrons. The molecule has 7 nitrogen and oxygen atoms in total. The van der Waals surface area contributed by atoms with Crippen LogP contribution in [0.1, 0.15) is 5.69 Å². The fourth-order valence-corrected chi connectivity index (χ4v) is 1.83. The first-order valence-electron chi connectivity index (χ1n) is 5.50. The van der Waals surface area contributed by atoms with E-state index in [9.17, 15) is 10.1 Å². The molecular weight excluding hydrogens is 250 g/mol. The highest BCUT2D eigenvalue weighted by atomic mass is 16.6. The first-order valence-corrected chi connectivity index (χ1v) is 5.50. The van der Waals surface area contributed by atoms with Gasteiger partial charge >= 0.3 is 5.69 Å². The quantitative estimate of drug-likeness (QED) is 0.675. The van der Waals surface area contributed by atoms with Crippen LogP contribution in [0.3, 0.4) is 0 Å². The van der Waals surface area contributed by atoms with E-state index in [1.807, 2.05) is 0 Å². The Balaban J connectivity index is 2.57. The van der Waals surface area contributed by atoms with Gasteiger partial charge < -0.3 is 9.47 Å². The SMILES string of the molecule is COc1ccc(-c2n[nH]c(C)c2[N+](=O)[O-])cc1OC. The minimum Gasteiger partial charge on any atom is -0.493 e. The first-order chi connectivity index (χ1) is 9.08. The fourth-order valence-electron chi connectivity index (χ4n) is 1.83. The van der Waals surface area contributed by atoms with Crippen molar-refractivity contribution in [3.63, 3.8) is 0 Å². The molecule has 7 heteroatoms. The lowest BCUT2D eigenvalue weighted by molar-refractivity contribution is -0.384. The molecule has 100 valence electrons. The van der Waals surface area contributed by atoms with E-state index in [4.69, 9.17) is 9.47 Å². The third kappa shape index (κ3) is 2.22. The van der Waals surface area contributed by atoms with Gasteiger partial charge in [-0.05, 0) is 25.1 Å². The van der Waals surface area contributed by atoms with Crippen molar-refractivity contribution in [1.29, 1.82) is 0 Å². The lowest BCUT2D eigenvalue weighted by atomic mass is 10.1. The summed E-state index contributed by atoms with van der Waals surface area (Å²) in [6, 6.07) is 5.04. The summed E-state index contributed by atoms with van der Waals surface area (Å²) in [5.74, 6) is 1.05. The van der Waals surface area contributed by atoms with Gasteiger partial charge in [0.15, 0.2) is 17.2 Å². The Morgan fingerprint density at radius 1 is 1.26 bits per heavy atom. The van der Waals surface area contributed by atoms with Crippen LogP contribution < -0.4 is 9.47 Å². The summed E-state index contributed by atoms with van der Waals surface area (Å²) < 4.78 is 10.3. The molecule has 0 aliphatic carbocycles. The van der Waals surface area contributed by atoms with Gasteiger partial charge in [0.2, 0.25) is 0 Å². The minimum atomic E-state index is -0.453. The van der Waals surface area contributed by atoms with Gasteiger partial charge in [0.05, 0.1) is 19.1 Å². The molecule has 0 spiro atoms. The smallest absolute Gasteiger partial charge is 0.317 e. The lowest BCUT2D eigenvalue weighted by Crippen LogP contribution is -1.93. The molecule has 0 bridgehead atoms. The lowest BCUT2D eigenvalue weighted by Gasteiger charge is -2.08. The summed E-state index contributed by atoms with van der Waals surface area (Å²) in [6.45, 7) is 1.61. The third-order valence-electron chi connectivity index (χ3n) is 2.75. The Morgan fingerprint density at radius 3 is 2.53 bits per heavy atom. The van der Waals surface area contributed by atoms with E-state index in [1.54, 1.807) is 25.1 Å². The number of hydrogen-bond acceptors (Lipinski definition) is 5. The van der Waals surface area contributed by atoms with Crippen LogP contribution in [0.5, 0.6) is 11.5 Å². The Hall–Kier alpha value is -2.57. The first kappa shape index (κ1) is 12.9. The second kappa shape index (κ2) is 4.97. The highest BCUT2D eigenvalue weighted by molar-refractivity contribution is 5.73. The summed E-state index contributed by atoms with van der Waals surface area (Å²) in [6.07, 6.45) is 0. The normalized spacial score (nSPS) is 10.3. The highest BCUT2D eigenvalue weighted by Crippen LogP contribution is 2.35. The molecule has 1 aromatic carbocycles. The van der Waals surface area contributed by atoms with E-state index in [-0.39, 0.29) is 11.4 Å². The van der Waals surface area contributed by atoms with Gasteiger partial charge in [-0.15, -0.1) is 0 Å². The Kier molecular flexibility index (Phi) is 3.37. The Labute approximate surface area is 109 Å². The zero-order valence-electron chi connectivity index (χ0n) is 10.8. The highest BCUT2D eigenvalue weighted by Gasteiger charge is 2.23. The molecule has 0 fully saturated rings. The van der Waals surface area contributed by atoms with E-state index >= 15 is 0 Å². The molecule has 0 amide bonds. The van der Waals surface area contributed by atoms with E-state index in [0.29, 0.717) is 22.8 Å². The summed E-state index contributed by atoms with van der Waals surface area (Å²) in [4.78, 5) is 10.6. The van der Waals surface area contributed by atoms with Gasteiger partial charge in [0.25, 0.3) is 0 Å². The second-order valence-corrected chi connectivity index (χ2v) is 3.87. The summed E-state index contributed by atoms with van der Waals surface area (Å²) >= 11 is 0. The van der Waals surface area contributed by atoms with Crippen LogP contribution in [0.4, 0.5) is 5.69 Å². The standard InChI is InChI=1S/C12H13N3O4/c1-7-12(15(16)17)11(14-13-7)8-4-5-9(18-2)10(6-8)19-3/h4-6H,1-3H3,(H,13,14).